The third-order valence-corrected chi connectivity index (χ3v) is 3.71. The van der Waals surface area contributed by atoms with Crippen molar-refractivity contribution in [1.82, 2.24) is 15.7 Å². The first kappa shape index (κ1) is 17.8. The molecule has 122 valence electrons. The Labute approximate surface area is 127 Å². The summed E-state index contributed by atoms with van der Waals surface area (Å²) in [6, 6.07) is -0.453. The van der Waals surface area contributed by atoms with Crippen LogP contribution in [-0.2, 0) is 14.4 Å². The van der Waals surface area contributed by atoms with E-state index in [1.807, 2.05) is 6.92 Å². The van der Waals surface area contributed by atoms with Crippen LogP contribution < -0.4 is 10.8 Å². The molecule has 1 rings (SSSR count). The van der Waals surface area contributed by atoms with E-state index < -0.39 is 6.04 Å². The second-order valence-electron chi connectivity index (χ2n) is 5.96. The molecule has 1 aliphatic rings. The van der Waals surface area contributed by atoms with Gasteiger partial charge in [-0.15, -0.1) is 5.48 Å². The number of hydroxylamine groups is 1. The van der Waals surface area contributed by atoms with E-state index >= 15 is 0 Å². The molecular weight excluding hydrogens is 270 g/mol. The molecule has 0 radical (unpaired) electrons. The van der Waals surface area contributed by atoms with Crippen LogP contribution in [0.4, 0.5) is 0 Å². The second kappa shape index (κ2) is 8.89. The Kier molecular flexibility index (Phi) is 7.53. The first-order chi connectivity index (χ1) is 9.95. The summed E-state index contributed by atoms with van der Waals surface area (Å²) < 4.78 is 5.02. The average molecular weight is 299 g/mol. The molecule has 0 aromatic carbocycles. The molecule has 0 saturated heterocycles. The van der Waals surface area contributed by atoms with Crippen LogP contribution in [0.1, 0.15) is 33.1 Å². The van der Waals surface area contributed by atoms with E-state index in [0.29, 0.717) is 18.4 Å². The number of rotatable bonds is 9. The summed E-state index contributed by atoms with van der Waals surface area (Å²) in [6.45, 7) is 5.89. The number of ether oxygens (including phenoxy) is 1. The number of methoxy groups -OCH3 is 1. The molecule has 6 nitrogen and oxygen atoms in total. The summed E-state index contributed by atoms with van der Waals surface area (Å²) in [5, 5.41) is 2.94. The molecule has 0 aromatic rings. The lowest BCUT2D eigenvalue weighted by Crippen LogP contribution is -2.42. The van der Waals surface area contributed by atoms with Crippen molar-refractivity contribution in [3.8, 4) is 0 Å². The highest BCUT2D eigenvalue weighted by molar-refractivity contribution is 5.85. The number of hydrogen-bond acceptors (Lipinski definition) is 5. The van der Waals surface area contributed by atoms with E-state index in [1.54, 1.807) is 0 Å². The van der Waals surface area contributed by atoms with E-state index in [1.165, 1.54) is 13.5 Å². The van der Waals surface area contributed by atoms with E-state index in [-0.39, 0.29) is 5.91 Å². The monoisotopic (exact) mass is 299 g/mol. The van der Waals surface area contributed by atoms with Crippen molar-refractivity contribution in [2.45, 2.75) is 39.2 Å². The van der Waals surface area contributed by atoms with Gasteiger partial charge in [0.15, 0.2) is 0 Å². The smallest absolute Gasteiger partial charge is 0.300 e. The molecule has 1 heterocycles. The fraction of sp³-hybridized carbons (Fsp3) is 0.800. The SMILES string of the molecule is COC1=C(C)C(C(=O)NCCCC(C)CCN(C)C)NO1. The standard InChI is InChI=1S/C15H29N3O3/c1-11(8-10-18(3)4)7-6-9-16-14(19)13-12(2)15(20-5)21-17-13/h11,13,17H,6-10H2,1-5H3,(H,16,19). The molecule has 1 amide bonds. The Morgan fingerprint density at radius 2 is 2.19 bits per heavy atom. The summed E-state index contributed by atoms with van der Waals surface area (Å²) in [6.07, 6.45) is 3.31. The summed E-state index contributed by atoms with van der Waals surface area (Å²) in [5.74, 6) is 0.993. The zero-order valence-electron chi connectivity index (χ0n) is 13.9. The van der Waals surface area contributed by atoms with Crippen molar-refractivity contribution in [2.24, 2.45) is 5.92 Å². The van der Waals surface area contributed by atoms with Crippen molar-refractivity contribution in [3.05, 3.63) is 11.5 Å². The maximum absolute atomic E-state index is 12.0. The number of nitrogens with one attached hydrogen (secondary N) is 2. The molecule has 1 aliphatic heterocycles. The number of carbonyl (C=O) groups is 1. The van der Waals surface area contributed by atoms with Crippen molar-refractivity contribution >= 4 is 5.91 Å². The highest BCUT2D eigenvalue weighted by Gasteiger charge is 2.30. The van der Waals surface area contributed by atoms with Gasteiger partial charge in [-0.25, -0.2) is 0 Å². The van der Waals surface area contributed by atoms with Crippen LogP contribution in [0.2, 0.25) is 0 Å². The van der Waals surface area contributed by atoms with Crippen molar-refractivity contribution < 1.29 is 14.4 Å². The van der Waals surface area contributed by atoms with Gasteiger partial charge < -0.3 is 19.8 Å². The third-order valence-electron chi connectivity index (χ3n) is 3.71. The van der Waals surface area contributed by atoms with Crippen LogP contribution in [0.15, 0.2) is 11.5 Å². The molecule has 2 atom stereocenters. The highest BCUT2D eigenvalue weighted by atomic mass is 16.8. The minimum absolute atomic E-state index is 0.0690. The lowest BCUT2D eigenvalue weighted by molar-refractivity contribution is -0.124. The van der Waals surface area contributed by atoms with Gasteiger partial charge in [-0.3, -0.25) is 4.79 Å². The van der Waals surface area contributed by atoms with E-state index in [4.69, 9.17) is 9.57 Å². The Morgan fingerprint density at radius 1 is 1.48 bits per heavy atom. The van der Waals surface area contributed by atoms with E-state index in [2.05, 4.69) is 36.7 Å². The molecule has 2 unspecified atom stereocenters. The Balaban J connectivity index is 2.18. The van der Waals surface area contributed by atoms with Gasteiger partial charge in [0.2, 0.25) is 5.91 Å². The molecule has 0 aliphatic carbocycles. The predicted octanol–water partition coefficient (Wildman–Crippen LogP) is 1.25. The fourth-order valence-electron chi connectivity index (χ4n) is 2.24. The third kappa shape index (κ3) is 5.93. The van der Waals surface area contributed by atoms with Crippen LogP contribution >= 0.6 is 0 Å². The summed E-state index contributed by atoms with van der Waals surface area (Å²) in [4.78, 5) is 19.3. The Hall–Kier alpha value is -1.27. The molecule has 0 aromatic heterocycles. The van der Waals surface area contributed by atoms with Gasteiger partial charge in [-0.1, -0.05) is 6.92 Å². The molecule has 2 N–H and O–H groups in total. The largest absolute Gasteiger partial charge is 0.468 e. The summed E-state index contributed by atoms with van der Waals surface area (Å²) in [5.41, 5.74) is 3.45. The summed E-state index contributed by atoms with van der Waals surface area (Å²) >= 11 is 0. The van der Waals surface area contributed by atoms with Crippen LogP contribution in [0, 0.1) is 5.92 Å². The number of amides is 1. The minimum Gasteiger partial charge on any atom is -0.468 e. The number of hydrogen-bond donors (Lipinski definition) is 2. The number of carbonyl (C=O) groups excluding carboxylic acids is 1. The van der Waals surface area contributed by atoms with Crippen LogP contribution in [0.5, 0.6) is 0 Å². The zero-order valence-corrected chi connectivity index (χ0v) is 13.9. The van der Waals surface area contributed by atoms with E-state index in [9.17, 15) is 4.79 Å². The molecule has 0 saturated carbocycles. The second-order valence-corrected chi connectivity index (χ2v) is 5.96. The van der Waals surface area contributed by atoms with E-state index in [0.717, 1.165) is 25.0 Å². The van der Waals surface area contributed by atoms with Crippen LogP contribution in [0.25, 0.3) is 0 Å². The topological polar surface area (TPSA) is 62.8 Å². The maximum atomic E-state index is 12.0. The van der Waals surface area contributed by atoms with Gasteiger partial charge in [-0.05, 0) is 52.7 Å². The van der Waals surface area contributed by atoms with Gasteiger partial charge in [-0.2, -0.15) is 0 Å². The van der Waals surface area contributed by atoms with Gasteiger partial charge >= 0.3 is 0 Å². The fourth-order valence-corrected chi connectivity index (χ4v) is 2.24. The Bertz CT molecular complexity index is 369. The minimum atomic E-state index is -0.453. The van der Waals surface area contributed by atoms with Crippen molar-refractivity contribution in [2.75, 3.05) is 34.3 Å². The van der Waals surface area contributed by atoms with Crippen molar-refractivity contribution in [1.29, 1.82) is 0 Å². The molecule has 0 fully saturated rings. The average Bonchev–Trinajstić information content (AvgIpc) is 2.82. The summed E-state index contributed by atoms with van der Waals surface area (Å²) in [7, 11) is 5.71. The lowest BCUT2D eigenvalue weighted by atomic mass is 10.0. The zero-order chi connectivity index (χ0) is 15.8. The Morgan fingerprint density at radius 3 is 2.76 bits per heavy atom. The maximum Gasteiger partial charge on any atom is 0.300 e. The van der Waals surface area contributed by atoms with Gasteiger partial charge in [0, 0.05) is 12.1 Å². The molecule has 0 spiro atoms. The molecular formula is C15H29N3O3. The molecule has 6 heteroatoms. The quantitative estimate of drug-likeness (QED) is 0.628. The number of nitrogens with zero attached hydrogens (tertiary/aromatic N) is 1. The van der Waals surface area contributed by atoms with Crippen LogP contribution in [0.3, 0.4) is 0 Å². The molecule has 0 bridgehead atoms. The van der Waals surface area contributed by atoms with Gasteiger partial charge in [0.1, 0.15) is 6.04 Å². The molecule has 21 heavy (non-hydrogen) atoms. The first-order valence-corrected chi connectivity index (χ1v) is 7.55. The predicted molar refractivity (Wildman–Crippen MR) is 82.3 cm³/mol. The van der Waals surface area contributed by atoms with Gasteiger partial charge in [0.25, 0.3) is 5.95 Å². The lowest BCUT2D eigenvalue weighted by Gasteiger charge is -2.15. The van der Waals surface area contributed by atoms with Crippen LogP contribution in [-0.4, -0.2) is 51.1 Å². The normalized spacial score (nSPS) is 19.6. The van der Waals surface area contributed by atoms with Crippen molar-refractivity contribution in [3.63, 3.8) is 0 Å². The van der Waals surface area contributed by atoms with Gasteiger partial charge in [0.05, 0.1) is 7.11 Å². The first-order valence-electron chi connectivity index (χ1n) is 7.55. The highest BCUT2D eigenvalue weighted by Crippen LogP contribution is 2.17.